The first-order valence-electron chi connectivity index (χ1n) is 6.49. The summed E-state index contributed by atoms with van der Waals surface area (Å²) in [4.78, 5) is 2.60. The van der Waals surface area contributed by atoms with E-state index in [1.54, 1.807) is 0 Å². The summed E-state index contributed by atoms with van der Waals surface area (Å²) < 4.78 is 0. The van der Waals surface area contributed by atoms with Crippen LogP contribution in [0.4, 0.5) is 0 Å². The van der Waals surface area contributed by atoms with Gasteiger partial charge in [-0.3, -0.25) is 4.90 Å². The summed E-state index contributed by atoms with van der Waals surface area (Å²) in [6.07, 6.45) is 2.34. The monoisotopic (exact) mass is 252 g/mol. The Bertz CT molecular complexity index is 331. The molecule has 1 aliphatic rings. The first-order valence-corrected chi connectivity index (χ1v) is 6.86. The van der Waals surface area contributed by atoms with Crippen molar-refractivity contribution in [2.24, 2.45) is 0 Å². The molecule has 1 fully saturated rings. The first-order chi connectivity index (χ1) is 8.29. The van der Waals surface area contributed by atoms with Crippen LogP contribution in [0.5, 0.6) is 0 Å². The van der Waals surface area contributed by atoms with E-state index in [9.17, 15) is 0 Å². The lowest BCUT2D eigenvalue weighted by Gasteiger charge is -2.34. The number of hydrogen-bond donors (Lipinski definition) is 1. The fourth-order valence-corrected chi connectivity index (χ4v) is 2.60. The average Bonchev–Trinajstić information content (AvgIpc) is 2.39. The largest absolute Gasteiger partial charge is 0.314 e. The predicted octanol–water partition coefficient (Wildman–Crippen LogP) is 2.57. The molecule has 1 atom stereocenters. The van der Waals surface area contributed by atoms with Gasteiger partial charge in [-0.1, -0.05) is 30.7 Å². The molecule has 1 heterocycles. The van der Waals surface area contributed by atoms with Gasteiger partial charge in [-0.15, -0.1) is 0 Å². The fraction of sp³-hybridized carbons (Fsp3) is 0.571. The van der Waals surface area contributed by atoms with E-state index in [-0.39, 0.29) is 0 Å². The van der Waals surface area contributed by atoms with Crippen LogP contribution in [0, 0.1) is 0 Å². The smallest absolute Gasteiger partial charge is 0.0406 e. The van der Waals surface area contributed by atoms with Crippen LogP contribution in [0.25, 0.3) is 0 Å². The summed E-state index contributed by atoms with van der Waals surface area (Å²) in [6, 6.07) is 8.93. The van der Waals surface area contributed by atoms with E-state index in [0.29, 0.717) is 6.04 Å². The van der Waals surface area contributed by atoms with Crippen LogP contribution in [0.1, 0.15) is 18.9 Å². The van der Waals surface area contributed by atoms with Crippen LogP contribution < -0.4 is 5.32 Å². The molecule has 94 valence electrons. The summed E-state index contributed by atoms with van der Waals surface area (Å²) in [5.74, 6) is 0. The molecule has 1 unspecified atom stereocenters. The molecule has 1 aliphatic heterocycles. The van der Waals surface area contributed by atoms with Gasteiger partial charge in [0.05, 0.1) is 0 Å². The maximum atomic E-state index is 5.91. The van der Waals surface area contributed by atoms with Crippen molar-refractivity contribution in [1.82, 2.24) is 10.2 Å². The third-order valence-electron chi connectivity index (χ3n) is 3.52. The Morgan fingerprint density at radius 1 is 1.24 bits per heavy atom. The number of nitrogens with one attached hydrogen (secondary N) is 1. The molecule has 2 nitrogen and oxygen atoms in total. The second kappa shape index (κ2) is 6.39. The summed E-state index contributed by atoms with van der Waals surface area (Å²) in [5.41, 5.74) is 1.39. The van der Waals surface area contributed by atoms with Crippen molar-refractivity contribution < 1.29 is 0 Å². The van der Waals surface area contributed by atoms with Crippen LogP contribution in [0.3, 0.4) is 0 Å². The molecule has 1 aromatic carbocycles. The van der Waals surface area contributed by atoms with E-state index in [2.05, 4.69) is 29.3 Å². The van der Waals surface area contributed by atoms with Crippen molar-refractivity contribution in [3.8, 4) is 0 Å². The molecule has 0 amide bonds. The number of hydrogen-bond acceptors (Lipinski definition) is 2. The molecule has 1 N–H and O–H groups in total. The molecule has 1 aromatic rings. The average molecular weight is 253 g/mol. The summed E-state index contributed by atoms with van der Waals surface area (Å²) >= 11 is 5.91. The van der Waals surface area contributed by atoms with Crippen molar-refractivity contribution in [1.29, 1.82) is 0 Å². The Kier molecular flexibility index (Phi) is 4.84. The van der Waals surface area contributed by atoms with Crippen molar-refractivity contribution >= 4 is 11.6 Å². The van der Waals surface area contributed by atoms with Gasteiger partial charge >= 0.3 is 0 Å². The van der Waals surface area contributed by atoms with Gasteiger partial charge < -0.3 is 5.32 Å². The van der Waals surface area contributed by atoms with Crippen molar-refractivity contribution in [2.75, 3.05) is 26.2 Å². The maximum absolute atomic E-state index is 5.91. The lowest BCUT2D eigenvalue weighted by molar-refractivity contribution is 0.167. The van der Waals surface area contributed by atoms with Crippen molar-refractivity contribution in [3.63, 3.8) is 0 Å². The van der Waals surface area contributed by atoms with Gasteiger partial charge in [0, 0.05) is 37.2 Å². The number of rotatable bonds is 4. The minimum Gasteiger partial charge on any atom is -0.314 e. The van der Waals surface area contributed by atoms with Gasteiger partial charge in [-0.2, -0.15) is 0 Å². The highest BCUT2D eigenvalue weighted by Gasteiger charge is 2.18. The van der Waals surface area contributed by atoms with Crippen LogP contribution in [-0.4, -0.2) is 37.1 Å². The Labute approximate surface area is 109 Å². The topological polar surface area (TPSA) is 15.3 Å². The van der Waals surface area contributed by atoms with Gasteiger partial charge in [-0.25, -0.2) is 0 Å². The van der Waals surface area contributed by atoms with Crippen molar-refractivity contribution in [3.05, 3.63) is 34.9 Å². The van der Waals surface area contributed by atoms with E-state index >= 15 is 0 Å². The Balaban J connectivity index is 1.96. The number of nitrogens with zero attached hydrogens (tertiary/aromatic N) is 1. The molecule has 1 saturated heterocycles. The minimum absolute atomic E-state index is 0.665. The zero-order chi connectivity index (χ0) is 12.1. The molecule has 0 saturated carbocycles. The molecule has 0 aliphatic carbocycles. The van der Waals surface area contributed by atoms with E-state index in [4.69, 9.17) is 11.6 Å². The second-order valence-corrected chi connectivity index (χ2v) is 5.12. The highest BCUT2D eigenvalue weighted by molar-refractivity contribution is 6.30. The summed E-state index contributed by atoms with van der Waals surface area (Å²) in [6.45, 7) is 6.87. The number of halogens is 1. The number of piperazine rings is 1. The molecule has 0 spiro atoms. The Hall–Kier alpha value is -0.570. The summed E-state index contributed by atoms with van der Waals surface area (Å²) in [5, 5.41) is 4.23. The van der Waals surface area contributed by atoms with Crippen LogP contribution in [0.2, 0.25) is 5.02 Å². The first kappa shape index (κ1) is 12.9. The molecular weight excluding hydrogens is 232 g/mol. The molecule has 3 heteroatoms. The molecule has 0 aromatic heterocycles. The third kappa shape index (κ3) is 3.70. The fourth-order valence-electron chi connectivity index (χ4n) is 2.47. The molecule has 0 bridgehead atoms. The second-order valence-electron chi connectivity index (χ2n) is 4.68. The lowest BCUT2D eigenvalue weighted by Crippen LogP contribution is -2.48. The van der Waals surface area contributed by atoms with Crippen LogP contribution in [-0.2, 0) is 6.42 Å². The normalized spacial score (nSPS) is 19.2. The Morgan fingerprint density at radius 3 is 2.47 bits per heavy atom. The van der Waals surface area contributed by atoms with Gasteiger partial charge in [0.1, 0.15) is 0 Å². The quantitative estimate of drug-likeness (QED) is 0.886. The van der Waals surface area contributed by atoms with E-state index < -0.39 is 0 Å². The SMILES string of the molecule is CCC(Cc1ccc(Cl)cc1)N1CCNCC1. The molecule has 17 heavy (non-hydrogen) atoms. The maximum Gasteiger partial charge on any atom is 0.0406 e. The molecular formula is C14H21ClN2. The Morgan fingerprint density at radius 2 is 1.88 bits per heavy atom. The van der Waals surface area contributed by atoms with Gasteiger partial charge in [0.2, 0.25) is 0 Å². The highest BCUT2D eigenvalue weighted by atomic mass is 35.5. The van der Waals surface area contributed by atoms with E-state index in [1.807, 2.05) is 12.1 Å². The summed E-state index contributed by atoms with van der Waals surface area (Å²) in [7, 11) is 0. The van der Waals surface area contributed by atoms with E-state index in [1.165, 1.54) is 25.1 Å². The zero-order valence-corrected chi connectivity index (χ0v) is 11.2. The standard InChI is InChI=1S/C14H21ClN2/c1-2-14(17-9-7-16-8-10-17)11-12-3-5-13(15)6-4-12/h3-6,14,16H,2,7-11H2,1H3. The molecule has 0 radical (unpaired) electrons. The van der Waals surface area contributed by atoms with E-state index in [0.717, 1.165) is 24.5 Å². The highest BCUT2D eigenvalue weighted by Crippen LogP contribution is 2.15. The third-order valence-corrected chi connectivity index (χ3v) is 3.78. The van der Waals surface area contributed by atoms with Crippen molar-refractivity contribution in [2.45, 2.75) is 25.8 Å². The zero-order valence-electron chi connectivity index (χ0n) is 10.5. The van der Waals surface area contributed by atoms with Crippen LogP contribution in [0.15, 0.2) is 24.3 Å². The van der Waals surface area contributed by atoms with Gasteiger partial charge in [-0.05, 0) is 30.5 Å². The lowest BCUT2D eigenvalue weighted by atomic mass is 10.0. The van der Waals surface area contributed by atoms with Crippen LogP contribution >= 0.6 is 11.6 Å². The van der Waals surface area contributed by atoms with Gasteiger partial charge in [0.25, 0.3) is 0 Å². The number of benzene rings is 1. The minimum atomic E-state index is 0.665. The predicted molar refractivity (Wildman–Crippen MR) is 73.7 cm³/mol. The van der Waals surface area contributed by atoms with Gasteiger partial charge in [0.15, 0.2) is 0 Å². The molecule has 2 rings (SSSR count).